The molecule has 0 aliphatic rings. The zero-order valence-electron chi connectivity index (χ0n) is 9.56. The van der Waals surface area contributed by atoms with Gasteiger partial charge in [0.25, 0.3) is 0 Å². The standard InChI is InChI=1S/C13H16O2S/c1-10-5-6-12(8-13(10)9-14)4-3-7-16-11(2)15/h3-6,8,14H,7,9H2,1-2H3. The molecule has 0 bridgehead atoms. The molecule has 0 aliphatic heterocycles. The van der Waals surface area contributed by atoms with Crippen molar-refractivity contribution in [1.82, 2.24) is 0 Å². The number of hydrogen-bond acceptors (Lipinski definition) is 3. The number of carbonyl (C=O) groups is 1. The Bertz CT molecular complexity index is 397. The Morgan fingerprint density at radius 3 is 2.88 bits per heavy atom. The van der Waals surface area contributed by atoms with Crippen LogP contribution in [0.2, 0.25) is 0 Å². The molecule has 2 nitrogen and oxygen atoms in total. The number of benzene rings is 1. The van der Waals surface area contributed by atoms with E-state index in [0.29, 0.717) is 5.75 Å². The Balaban J connectivity index is 2.63. The third kappa shape index (κ3) is 4.21. The molecule has 1 aromatic carbocycles. The van der Waals surface area contributed by atoms with Crippen LogP contribution < -0.4 is 0 Å². The Kier molecular flexibility index (Phi) is 5.29. The van der Waals surface area contributed by atoms with Gasteiger partial charge in [0.15, 0.2) is 5.12 Å². The zero-order valence-corrected chi connectivity index (χ0v) is 10.4. The van der Waals surface area contributed by atoms with Crippen LogP contribution in [0.15, 0.2) is 24.3 Å². The second-order valence-corrected chi connectivity index (χ2v) is 4.75. The van der Waals surface area contributed by atoms with Gasteiger partial charge in [-0.15, -0.1) is 0 Å². The fourth-order valence-electron chi connectivity index (χ4n) is 1.32. The molecule has 0 spiro atoms. The molecular weight excluding hydrogens is 220 g/mol. The van der Waals surface area contributed by atoms with Crippen molar-refractivity contribution >= 4 is 23.0 Å². The number of aryl methyl sites for hydroxylation is 1. The predicted molar refractivity (Wildman–Crippen MR) is 69.3 cm³/mol. The highest BCUT2D eigenvalue weighted by Gasteiger charge is 1.97. The van der Waals surface area contributed by atoms with Gasteiger partial charge in [-0.25, -0.2) is 0 Å². The molecular formula is C13H16O2S. The van der Waals surface area contributed by atoms with E-state index in [2.05, 4.69) is 0 Å². The molecule has 0 amide bonds. The van der Waals surface area contributed by atoms with Crippen molar-refractivity contribution in [1.29, 1.82) is 0 Å². The summed E-state index contributed by atoms with van der Waals surface area (Å²) < 4.78 is 0. The van der Waals surface area contributed by atoms with Crippen LogP contribution in [0.1, 0.15) is 23.6 Å². The minimum Gasteiger partial charge on any atom is -0.392 e. The van der Waals surface area contributed by atoms with Crippen LogP contribution in [0, 0.1) is 6.92 Å². The van der Waals surface area contributed by atoms with Crippen LogP contribution in [0.5, 0.6) is 0 Å². The molecule has 0 unspecified atom stereocenters. The summed E-state index contributed by atoms with van der Waals surface area (Å²) in [4.78, 5) is 10.7. The lowest BCUT2D eigenvalue weighted by Gasteiger charge is -2.03. The lowest BCUT2D eigenvalue weighted by Crippen LogP contribution is -1.89. The smallest absolute Gasteiger partial charge is 0.186 e. The van der Waals surface area contributed by atoms with E-state index in [1.807, 2.05) is 37.3 Å². The van der Waals surface area contributed by atoms with Gasteiger partial charge in [0, 0.05) is 12.7 Å². The normalized spacial score (nSPS) is 10.9. The summed E-state index contributed by atoms with van der Waals surface area (Å²) in [6.07, 6.45) is 3.92. The molecule has 1 rings (SSSR count). The van der Waals surface area contributed by atoms with Gasteiger partial charge in [0.05, 0.1) is 6.61 Å². The minimum atomic E-state index is 0.0652. The van der Waals surface area contributed by atoms with Crippen LogP contribution >= 0.6 is 11.8 Å². The summed E-state index contributed by atoms with van der Waals surface area (Å²) >= 11 is 1.29. The van der Waals surface area contributed by atoms with E-state index < -0.39 is 0 Å². The molecule has 0 atom stereocenters. The maximum absolute atomic E-state index is 10.7. The first-order valence-electron chi connectivity index (χ1n) is 5.13. The van der Waals surface area contributed by atoms with Crippen molar-refractivity contribution in [3.05, 3.63) is 41.0 Å². The van der Waals surface area contributed by atoms with Gasteiger partial charge < -0.3 is 5.11 Å². The van der Waals surface area contributed by atoms with Crippen LogP contribution in [0.25, 0.3) is 6.08 Å². The van der Waals surface area contributed by atoms with E-state index in [0.717, 1.165) is 16.7 Å². The summed E-state index contributed by atoms with van der Waals surface area (Å²) in [5.74, 6) is 0.692. The summed E-state index contributed by atoms with van der Waals surface area (Å²) in [5, 5.41) is 9.24. The highest BCUT2D eigenvalue weighted by molar-refractivity contribution is 8.13. The number of thioether (sulfide) groups is 1. The molecule has 3 heteroatoms. The fraction of sp³-hybridized carbons (Fsp3) is 0.308. The first-order valence-corrected chi connectivity index (χ1v) is 6.12. The second kappa shape index (κ2) is 6.51. The molecule has 16 heavy (non-hydrogen) atoms. The van der Waals surface area contributed by atoms with Crippen molar-refractivity contribution in [3.8, 4) is 0 Å². The maximum atomic E-state index is 10.7. The van der Waals surface area contributed by atoms with Gasteiger partial charge in [-0.3, -0.25) is 4.79 Å². The van der Waals surface area contributed by atoms with E-state index in [9.17, 15) is 4.79 Å². The SMILES string of the molecule is CC(=O)SCC=Cc1ccc(C)c(CO)c1. The molecule has 0 saturated heterocycles. The Morgan fingerprint density at radius 2 is 2.25 bits per heavy atom. The highest BCUT2D eigenvalue weighted by atomic mass is 32.2. The van der Waals surface area contributed by atoms with Crippen molar-refractivity contribution in [3.63, 3.8) is 0 Å². The molecule has 1 N–H and O–H groups in total. The highest BCUT2D eigenvalue weighted by Crippen LogP contribution is 2.13. The first kappa shape index (κ1) is 13.0. The fourth-order valence-corrected chi connectivity index (χ4v) is 1.74. The lowest BCUT2D eigenvalue weighted by molar-refractivity contribution is -0.109. The van der Waals surface area contributed by atoms with E-state index in [4.69, 9.17) is 5.11 Å². The predicted octanol–water partition coefficient (Wildman–Crippen LogP) is 2.78. The first-order chi connectivity index (χ1) is 7.63. The van der Waals surface area contributed by atoms with Crippen LogP contribution in [-0.2, 0) is 11.4 Å². The molecule has 0 radical (unpaired) electrons. The summed E-state index contributed by atoms with van der Waals surface area (Å²) in [5.41, 5.74) is 3.10. The van der Waals surface area contributed by atoms with E-state index in [1.165, 1.54) is 11.8 Å². The van der Waals surface area contributed by atoms with E-state index >= 15 is 0 Å². The summed E-state index contributed by atoms with van der Waals surface area (Å²) in [6, 6.07) is 5.96. The number of aliphatic hydroxyl groups excluding tert-OH is 1. The third-order valence-corrected chi connectivity index (χ3v) is 3.00. The summed E-state index contributed by atoms with van der Waals surface area (Å²) in [7, 11) is 0. The Morgan fingerprint density at radius 1 is 1.50 bits per heavy atom. The van der Waals surface area contributed by atoms with Crippen LogP contribution in [0.4, 0.5) is 0 Å². The Hall–Kier alpha value is -1.06. The zero-order chi connectivity index (χ0) is 12.0. The monoisotopic (exact) mass is 236 g/mol. The maximum Gasteiger partial charge on any atom is 0.186 e. The van der Waals surface area contributed by atoms with Crippen LogP contribution in [0.3, 0.4) is 0 Å². The summed E-state index contributed by atoms with van der Waals surface area (Å²) in [6.45, 7) is 3.61. The molecule has 0 aliphatic carbocycles. The topological polar surface area (TPSA) is 37.3 Å². The average Bonchev–Trinajstić information content (AvgIpc) is 2.26. The van der Waals surface area contributed by atoms with Crippen molar-refractivity contribution in [2.45, 2.75) is 20.5 Å². The largest absolute Gasteiger partial charge is 0.392 e. The quantitative estimate of drug-likeness (QED) is 0.873. The van der Waals surface area contributed by atoms with Gasteiger partial charge in [0.2, 0.25) is 0 Å². The Labute approximate surface area is 100 Å². The second-order valence-electron chi connectivity index (χ2n) is 3.55. The van der Waals surface area contributed by atoms with Crippen molar-refractivity contribution in [2.75, 3.05) is 5.75 Å². The number of aliphatic hydroxyl groups is 1. The van der Waals surface area contributed by atoms with E-state index in [1.54, 1.807) is 6.92 Å². The molecule has 86 valence electrons. The van der Waals surface area contributed by atoms with E-state index in [-0.39, 0.29) is 11.7 Å². The molecule has 1 aromatic rings. The molecule has 0 fully saturated rings. The average molecular weight is 236 g/mol. The van der Waals surface area contributed by atoms with Gasteiger partial charge in [-0.1, -0.05) is 36.0 Å². The lowest BCUT2D eigenvalue weighted by atomic mass is 10.1. The van der Waals surface area contributed by atoms with Crippen molar-refractivity contribution < 1.29 is 9.90 Å². The number of rotatable bonds is 4. The van der Waals surface area contributed by atoms with Gasteiger partial charge in [0.1, 0.15) is 0 Å². The molecule has 0 saturated carbocycles. The number of carbonyl (C=O) groups excluding carboxylic acids is 1. The van der Waals surface area contributed by atoms with Gasteiger partial charge in [-0.05, 0) is 29.7 Å². The van der Waals surface area contributed by atoms with Crippen molar-refractivity contribution in [2.24, 2.45) is 0 Å². The molecule has 0 heterocycles. The molecule has 0 aromatic heterocycles. The number of hydrogen-bond donors (Lipinski definition) is 1. The van der Waals surface area contributed by atoms with Crippen LogP contribution in [-0.4, -0.2) is 16.0 Å². The third-order valence-electron chi connectivity index (χ3n) is 2.24. The van der Waals surface area contributed by atoms with Gasteiger partial charge >= 0.3 is 0 Å². The minimum absolute atomic E-state index is 0.0652. The van der Waals surface area contributed by atoms with Gasteiger partial charge in [-0.2, -0.15) is 0 Å².